The van der Waals surface area contributed by atoms with Gasteiger partial charge in [-0.3, -0.25) is 13.9 Å². The Morgan fingerprint density at radius 3 is 2.17 bits per heavy atom. The molecule has 0 heterocycles. The van der Waals surface area contributed by atoms with E-state index < -0.39 is 28.5 Å². The zero-order valence-corrected chi connectivity index (χ0v) is 24.7. The van der Waals surface area contributed by atoms with Crippen LogP contribution < -0.4 is 19.1 Å². The maximum atomic E-state index is 14.0. The predicted octanol–water partition coefficient (Wildman–Crippen LogP) is 4.49. The van der Waals surface area contributed by atoms with Gasteiger partial charge >= 0.3 is 0 Å². The van der Waals surface area contributed by atoms with Crippen LogP contribution in [0.5, 0.6) is 11.5 Å². The Labute approximate surface area is 240 Å². The lowest BCUT2D eigenvalue weighted by atomic mass is 10.1. The van der Waals surface area contributed by atoms with Crippen molar-refractivity contribution in [3.05, 3.63) is 83.4 Å². The third-order valence-corrected chi connectivity index (χ3v) is 8.30. The van der Waals surface area contributed by atoms with E-state index in [0.717, 1.165) is 4.31 Å². The van der Waals surface area contributed by atoms with Gasteiger partial charge in [0.15, 0.2) is 0 Å². The van der Waals surface area contributed by atoms with Crippen molar-refractivity contribution in [3.8, 4) is 11.5 Å². The van der Waals surface area contributed by atoms with Crippen LogP contribution in [0.2, 0.25) is 5.02 Å². The number of amides is 2. The van der Waals surface area contributed by atoms with Gasteiger partial charge in [0.2, 0.25) is 11.8 Å². The Morgan fingerprint density at radius 1 is 0.925 bits per heavy atom. The summed E-state index contributed by atoms with van der Waals surface area (Å²) in [4.78, 5) is 28.4. The summed E-state index contributed by atoms with van der Waals surface area (Å²) < 4.78 is 39.7. The standard InChI is InChI=1S/C29H34ClN3O6S/c1-20(2)31-29(35)21(3)32(18-22-11-9-10-14-25(22)30)28(34)19-33(40(36,37)24-12-7-6-8-13-24)26-17-23(38-4)15-16-27(26)39-5/h6-17,20-21H,18-19H2,1-5H3,(H,31,35)/t21-/m1/s1. The lowest BCUT2D eigenvalue weighted by Gasteiger charge is -2.33. The number of hydrogen-bond donors (Lipinski definition) is 1. The van der Waals surface area contributed by atoms with Crippen molar-refractivity contribution in [2.75, 3.05) is 25.1 Å². The fourth-order valence-corrected chi connectivity index (χ4v) is 5.66. The molecule has 3 rings (SSSR count). The Hall–Kier alpha value is -3.76. The van der Waals surface area contributed by atoms with Crippen molar-refractivity contribution in [2.24, 2.45) is 0 Å². The maximum absolute atomic E-state index is 14.0. The van der Waals surface area contributed by atoms with Crippen molar-refractivity contribution in [1.82, 2.24) is 10.2 Å². The minimum atomic E-state index is -4.26. The van der Waals surface area contributed by atoms with Crippen LogP contribution in [0.1, 0.15) is 26.3 Å². The first kappa shape index (κ1) is 30.8. The number of anilines is 1. The van der Waals surface area contributed by atoms with Crippen LogP contribution in [-0.2, 0) is 26.2 Å². The molecule has 3 aromatic rings. The Balaban J connectivity index is 2.12. The highest BCUT2D eigenvalue weighted by molar-refractivity contribution is 7.92. The summed E-state index contributed by atoms with van der Waals surface area (Å²) in [5.41, 5.74) is 0.717. The number of nitrogens with zero attached hydrogens (tertiary/aromatic N) is 2. The van der Waals surface area contributed by atoms with E-state index in [0.29, 0.717) is 16.3 Å². The van der Waals surface area contributed by atoms with Gasteiger partial charge in [0.1, 0.15) is 24.1 Å². The lowest BCUT2D eigenvalue weighted by molar-refractivity contribution is -0.139. The number of carbonyl (C=O) groups is 2. The fraction of sp³-hybridized carbons (Fsp3) is 0.310. The third-order valence-electron chi connectivity index (χ3n) is 6.16. The first-order valence-electron chi connectivity index (χ1n) is 12.6. The summed E-state index contributed by atoms with van der Waals surface area (Å²) in [6.07, 6.45) is 0. The van der Waals surface area contributed by atoms with Gasteiger partial charge in [-0.1, -0.05) is 48.0 Å². The second-order valence-corrected chi connectivity index (χ2v) is 11.6. The van der Waals surface area contributed by atoms with Crippen LogP contribution in [0.25, 0.3) is 0 Å². The maximum Gasteiger partial charge on any atom is 0.264 e. The summed E-state index contributed by atoms with van der Waals surface area (Å²) in [7, 11) is -1.41. The number of methoxy groups -OCH3 is 2. The molecular formula is C29H34ClN3O6S. The smallest absolute Gasteiger partial charge is 0.264 e. The molecule has 214 valence electrons. The number of ether oxygens (including phenoxy) is 2. The molecule has 0 saturated heterocycles. The number of hydrogen-bond acceptors (Lipinski definition) is 6. The second kappa shape index (κ2) is 13.5. The van der Waals surface area contributed by atoms with E-state index in [4.69, 9.17) is 21.1 Å². The van der Waals surface area contributed by atoms with Gasteiger partial charge in [-0.25, -0.2) is 8.42 Å². The summed E-state index contributed by atoms with van der Waals surface area (Å²) in [5.74, 6) is -0.409. The largest absolute Gasteiger partial charge is 0.497 e. The highest BCUT2D eigenvalue weighted by atomic mass is 35.5. The summed E-state index contributed by atoms with van der Waals surface area (Å²) in [6.45, 7) is 4.58. The van der Waals surface area contributed by atoms with Crippen LogP contribution in [0.15, 0.2) is 77.7 Å². The number of halogens is 1. The number of carbonyl (C=O) groups excluding carboxylic acids is 2. The van der Waals surface area contributed by atoms with Gasteiger partial charge in [-0.05, 0) is 56.7 Å². The molecule has 0 spiro atoms. The molecule has 0 saturated carbocycles. The van der Waals surface area contributed by atoms with E-state index in [-0.39, 0.29) is 34.8 Å². The minimum Gasteiger partial charge on any atom is -0.497 e. The van der Waals surface area contributed by atoms with E-state index in [2.05, 4.69) is 5.32 Å². The number of benzene rings is 3. The van der Waals surface area contributed by atoms with E-state index in [1.165, 1.54) is 37.3 Å². The third kappa shape index (κ3) is 7.25. The molecule has 1 atom stereocenters. The predicted molar refractivity (Wildman–Crippen MR) is 155 cm³/mol. The summed E-state index contributed by atoms with van der Waals surface area (Å²) in [6, 6.07) is 18.3. The van der Waals surface area contributed by atoms with E-state index in [1.54, 1.807) is 61.5 Å². The summed E-state index contributed by atoms with van der Waals surface area (Å²) >= 11 is 6.39. The average molecular weight is 588 g/mol. The molecule has 3 aromatic carbocycles. The lowest BCUT2D eigenvalue weighted by Crippen LogP contribution is -2.52. The highest BCUT2D eigenvalue weighted by Crippen LogP contribution is 2.36. The van der Waals surface area contributed by atoms with Crippen LogP contribution in [0, 0.1) is 0 Å². The van der Waals surface area contributed by atoms with Gasteiger partial charge in [0.05, 0.1) is 24.8 Å². The average Bonchev–Trinajstić information content (AvgIpc) is 2.94. The number of nitrogens with one attached hydrogen (secondary N) is 1. The molecular weight excluding hydrogens is 554 g/mol. The molecule has 11 heteroatoms. The van der Waals surface area contributed by atoms with Crippen molar-refractivity contribution in [1.29, 1.82) is 0 Å². The van der Waals surface area contributed by atoms with Crippen molar-refractivity contribution < 1.29 is 27.5 Å². The second-order valence-electron chi connectivity index (χ2n) is 9.31. The molecule has 0 aromatic heterocycles. The number of rotatable bonds is 12. The monoisotopic (exact) mass is 587 g/mol. The molecule has 1 N–H and O–H groups in total. The van der Waals surface area contributed by atoms with Crippen LogP contribution in [0.4, 0.5) is 5.69 Å². The topological polar surface area (TPSA) is 105 Å². The van der Waals surface area contributed by atoms with Crippen LogP contribution >= 0.6 is 11.6 Å². The zero-order chi connectivity index (χ0) is 29.4. The van der Waals surface area contributed by atoms with Crippen molar-refractivity contribution in [2.45, 2.75) is 44.3 Å². The first-order valence-corrected chi connectivity index (χ1v) is 14.4. The Kier molecular flexibility index (Phi) is 10.4. The molecule has 0 aliphatic heterocycles. The Morgan fingerprint density at radius 2 is 1.57 bits per heavy atom. The molecule has 0 unspecified atom stereocenters. The van der Waals surface area contributed by atoms with E-state index in [9.17, 15) is 18.0 Å². The summed E-state index contributed by atoms with van der Waals surface area (Å²) in [5, 5.41) is 3.24. The van der Waals surface area contributed by atoms with E-state index in [1.807, 2.05) is 13.8 Å². The van der Waals surface area contributed by atoms with Gasteiger partial charge in [0, 0.05) is 23.7 Å². The SMILES string of the molecule is COc1ccc(OC)c(N(CC(=O)N(Cc2ccccc2Cl)[C@H](C)C(=O)NC(C)C)S(=O)(=O)c2ccccc2)c1. The first-order chi connectivity index (χ1) is 19.0. The molecule has 0 radical (unpaired) electrons. The van der Waals surface area contributed by atoms with Gasteiger partial charge in [-0.2, -0.15) is 0 Å². The highest BCUT2D eigenvalue weighted by Gasteiger charge is 2.34. The zero-order valence-electron chi connectivity index (χ0n) is 23.1. The normalized spacial score (nSPS) is 12.0. The van der Waals surface area contributed by atoms with E-state index >= 15 is 0 Å². The number of sulfonamides is 1. The molecule has 2 amide bonds. The van der Waals surface area contributed by atoms with Gasteiger partial charge in [0.25, 0.3) is 10.0 Å². The van der Waals surface area contributed by atoms with Gasteiger partial charge in [-0.15, -0.1) is 0 Å². The molecule has 0 aliphatic carbocycles. The Bertz CT molecular complexity index is 1430. The van der Waals surface area contributed by atoms with Crippen LogP contribution in [-0.4, -0.2) is 58.0 Å². The van der Waals surface area contributed by atoms with Crippen LogP contribution in [0.3, 0.4) is 0 Å². The minimum absolute atomic E-state index is 0.0142. The fourth-order valence-electron chi connectivity index (χ4n) is 4.02. The molecule has 0 fully saturated rings. The quantitative estimate of drug-likeness (QED) is 0.335. The molecule has 0 aliphatic rings. The molecule has 9 nitrogen and oxygen atoms in total. The molecule has 40 heavy (non-hydrogen) atoms. The van der Waals surface area contributed by atoms with Crippen molar-refractivity contribution >= 4 is 39.1 Å². The molecule has 0 bridgehead atoms. The van der Waals surface area contributed by atoms with Crippen molar-refractivity contribution in [3.63, 3.8) is 0 Å². The van der Waals surface area contributed by atoms with Gasteiger partial charge < -0.3 is 19.7 Å².